The fraction of sp³-hybridized carbons (Fsp3) is 0.588. The number of benzene rings is 1. The number of nitrogens with zero attached hydrogens (tertiary/aromatic N) is 2. The number of carbonyl (C=O) groups excluding carboxylic acids is 1. The van der Waals surface area contributed by atoms with E-state index in [4.69, 9.17) is 5.73 Å². The lowest BCUT2D eigenvalue weighted by molar-refractivity contribution is -0.128. The minimum atomic E-state index is -3.46. The normalized spacial score (nSPS) is 22.2. The SMILES string of the molecule is CC(=O)N1CCc2ccc(S(=O)(=O)N3CCC(CN)C3)cc2CC1. The van der Waals surface area contributed by atoms with Gasteiger partial charge in [-0.15, -0.1) is 0 Å². The van der Waals surface area contributed by atoms with Gasteiger partial charge in [-0.25, -0.2) is 8.42 Å². The summed E-state index contributed by atoms with van der Waals surface area (Å²) in [5.74, 6) is 0.324. The Bertz CT molecular complexity index is 733. The van der Waals surface area contributed by atoms with Crippen LogP contribution in [-0.2, 0) is 27.7 Å². The third-order valence-corrected chi connectivity index (χ3v) is 7.01. The van der Waals surface area contributed by atoms with Crippen molar-refractivity contribution in [3.8, 4) is 0 Å². The van der Waals surface area contributed by atoms with Gasteiger partial charge in [0.25, 0.3) is 0 Å². The Morgan fingerprint density at radius 3 is 2.54 bits per heavy atom. The van der Waals surface area contributed by atoms with Gasteiger partial charge in [-0.3, -0.25) is 4.79 Å². The van der Waals surface area contributed by atoms with Gasteiger partial charge in [0.05, 0.1) is 4.90 Å². The molecule has 1 aromatic rings. The Morgan fingerprint density at radius 2 is 1.92 bits per heavy atom. The minimum Gasteiger partial charge on any atom is -0.342 e. The summed E-state index contributed by atoms with van der Waals surface area (Å²) >= 11 is 0. The number of rotatable bonds is 3. The molecule has 1 unspecified atom stereocenters. The molecular weight excluding hydrogens is 326 g/mol. The van der Waals surface area contributed by atoms with Crippen molar-refractivity contribution in [3.05, 3.63) is 29.3 Å². The number of hydrogen-bond donors (Lipinski definition) is 1. The van der Waals surface area contributed by atoms with E-state index >= 15 is 0 Å². The smallest absolute Gasteiger partial charge is 0.243 e. The molecule has 0 aliphatic carbocycles. The van der Waals surface area contributed by atoms with E-state index in [1.807, 2.05) is 11.0 Å². The first-order valence-electron chi connectivity index (χ1n) is 8.49. The van der Waals surface area contributed by atoms with Crippen LogP contribution in [0, 0.1) is 5.92 Å². The molecule has 3 rings (SSSR count). The van der Waals surface area contributed by atoms with Gasteiger partial charge in [0.2, 0.25) is 15.9 Å². The summed E-state index contributed by atoms with van der Waals surface area (Å²) in [5, 5.41) is 0. The molecule has 1 atom stereocenters. The second-order valence-electron chi connectivity index (χ2n) is 6.69. The quantitative estimate of drug-likeness (QED) is 0.864. The zero-order valence-corrected chi connectivity index (χ0v) is 14.9. The van der Waals surface area contributed by atoms with Crippen molar-refractivity contribution in [3.63, 3.8) is 0 Å². The van der Waals surface area contributed by atoms with Crippen LogP contribution in [0.3, 0.4) is 0 Å². The lowest BCUT2D eigenvalue weighted by Crippen LogP contribution is -2.31. The number of carbonyl (C=O) groups is 1. The number of nitrogens with two attached hydrogens (primary N) is 1. The average molecular weight is 351 g/mol. The first kappa shape index (κ1) is 17.4. The maximum absolute atomic E-state index is 12.9. The zero-order valence-electron chi connectivity index (χ0n) is 14.1. The molecule has 2 N–H and O–H groups in total. The summed E-state index contributed by atoms with van der Waals surface area (Å²) in [6, 6.07) is 5.40. The van der Waals surface area contributed by atoms with Gasteiger partial charge in [0, 0.05) is 33.1 Å². The van der Waals surface area contributed by atoms with Crippen LogP contribution in [0.2, 0.25) is 0 Å². The van der Waals surface area contributed by atoms with E-state index in [9.17, 15) is 13.2 Å². The Balaban J connectivity index is 1.83. The maximum Gasteiger partial charge on any atom is 0.243 e. The van der Waals surface area contributed by atoms with Crippen LogP contribution < -0.4 is 5.73 Å². The lowest BCUT2D eigenvalue weighted by Gasteiger charge is -2.18. The fourth-order valence-corrected chi connectivity index (χ4v) is 5.12. The van der Waals surface area contributed by atoms with Crippen LogP contribution in [-0.4, -0.2) is 56.3 Å². The van der Waals surface area contributed by atoms with Crippen molar-refractivity contribution in [2.24, 2.45) is 11.7 Å². The second-order valence-corrected chi connectivity index (χ2v) is 8.63. The Kier molecular flexibility index (Phi) is 4.94. The highest BCUT2D eigenvalue weighted by molar-refractivity contribution is 7.89. The highest BCUT2D eigenvalue weighted by atomic mass is 32.2. The molecule has 1 aromatic carbocycles. The van der Waals surface area contributed by atoms with E-state index in [-0.39, 0.29) is 11.8 Å². The van der Waals surface area contributed by atoms with Crippen molar-refractivity contribution in [1.82, 2.24) is 9.21 Å². The molecule has 7 heteroatoms. The van der Waals surface area contributed by atoms with Crippen molar-refractivity contribution < 1.29 is 13.2 Å². The standard InChI is InChI=1S/C17H25N3O3S/c1-13(21)19-7-5-15-2-3-17(10-16(15)6-8-19)24(22,23)20-9-4-14(11-18)12-20/h2-3,10,14H,4-9,11-12,18H2,1H3. The number of hydrogen-bond acceptors (Lipinski definition) is 4. The highest BCUT2D eigenvalue weighted by Crippen LogP contribution is 2.26. The van der Waals surface area contributed by atoms with E-state index < -0.39 is 10.0 Å². The number of sulfonamides is 1. The van der Waals surface area contributed by atoms with E-state index in [1.54, 1.807) is 23.4 Å². The van der Waals surface area contributed by atoms with Crippen molar-refractivity contribution in [2.45, 2.75) is 31.1 Å². The summed E-state index contributed by atoms with van der Waals surface area (Å²) in [4.78, 5) is 13.8. The molecule has 2 aliphatic rings. The maximum atomic E-state index is 12.9. The summed E-state index contributed by atoms with van der Waals surface area (Å²) < 4.78 is 27.3. The van der Waals surface area contributed by atoms with E-state index in [2.05, 4.69) is 0 Å². The Labute approximate surface area is 143 Å². The average Bonchev–Trinajstić information content (AvgIpc) is 2.95. The monoisotopic (exact) mass is 351 g/mol. The van der Waals surface area contributed by atoms with Gasteiger partial charge in [0.1, 0.15) is 0 Å². The lowest BCUT2D eigenvalue weighted by atomic mass is 10.0. The van der Waals surface area contributed by atoms with Crippen LogP contribution in [0.25, 0.3) is 0 Å². The van der Waals surface area contributed by atoms with Crippen LogP contribution in [0.15, 0.2) is 23.1 Å². The van der Waals surface area contributed by atoms with E-state index in [0.29, 0.717) is 44.0 Å². The Hall–Kier alpha value is -1.44. The molecule has 0 spiro atoms. The van der Waals surface area contributed by atoms with Gasteiger partial charge >= 0.3 is 0 Å². The molecule has 2 heterocycles. The predicted molar refractivity (Wildman–Crippen MR) is 92.0 cm³/mol. The largest absolute Gasteiger partial charge is 0.342 e. The van der Waals surface area contributed by atoms with Gasteiger partial charge in [-0.1, -0.05) is 6.07 Å². The number of fused-ring (bicyclic) bond motifs is 1. The molecular formula is C17H25N3O3S. The van der Waals surface area contributed by atoms with E-state index in [0.717, 1.165) is 24.0 Å². The van der Waals surface area contributed by atoms with Crippen LogP contribution >= 0.6 is 0 Å². The highest BCUT2D eigenvalue weighted by Gasteiger charge is 2.32. The molecule has 0 aromatic heterocycles. The molecule has 1 saturated heterocycles. The van der Waals surface area contributed by atoms with Crippen LogP contribution in [0.1, 0.15) is 24.5 Å². The van der Waals surface area contributed by atoms with Crippen molar-refractivity contribution in [2.75, 3.05) is 32.7 Å². The summed E-state index contributed by atoms with van der Waals surface area (Å²) in [7, 11) is -3.46. The second kappa shape index (κ2) is 6.82. The Morgan fingerprint density at radius 1 is 1.21 bits per heavy atom. The van der Waals surface area contributed by atoms with Gasteiger partial charge in [-0.05, 0) is 55.0 Å². The van der Waals surface area contributed by atoms with Crippen LogP contribution in [0.5, 0.6) is 0 Å². The fourth-order valence-electron chi connectivity index (χ4n) is 3.53. The van der Waals surface area contributed by atoms with Crippen molar-refractivity contribution >= 4 is 15.9 Å². The first-order chi connectivity index (χ1) is 11.4. The van der Waals surface area contributed by atoms with Gasteiger partial charge < -0.3 is 10.6 Å². The van der Waals surface area contributed by atoms with Gasteiger partial charge in [-0.2, -0.15) is 4.31 Å². The number of amides is 1. The molecule has 1 fully saturated rings. The third-order valence-electron chi connectivity index (χ3n) is 5.14. The summed E-state index contributed by atoms with van der Waals surface area (Å²) in [6.45, 7) is 4.49. The zero-order chi connectivity index (χ0) is 17.3. The van der Waals surface area contributed by atoms with Crippen molar-refractivity contribution in [1.29, 1.82) is 0 Å². The molecule has 6 nitrogen and oxygen atoms in total. The van der Waals surface area contributed by atoms with Crippen LogP contribution in [0.4, 0.5) is 0 Å². The molecule has 0 bridgehead atoms. The molecule has 2 aliphatic heterocycles. The van der Waals surface area contributed by atoms with Gasteiger partial charge in [0.15, 0.2) is 0 Å². The first-order valence-corrected chi connectivity index (χ1v) is 9.93. The summed E-state index contributed by atoms with van der Waals surface area (Å²) in [5.41, 5.74) is 7.84. The molecule has 132 valence electrons. The molecule has 0 radical (unpaired) electrons. The molecule has 24 heavy (non-hydrogen) atoms. The molecule has 1 amide bonds. The topological polar surface area (TPSA) is 83.7 Å². The summed E-state index contributed by atoms with van der Waals surface area (Å²) in [6.07, 6.45) is 2.30. The third kappa shape index (κ3) is 3.34. The molecule has 0 saturated carbocycles. The predicted octanol–water partition coefficient (Wildman–Crippen LogP) is 0.603. The minimum absolute atomic E-state index is 0.0699. The van der Waals surface area contributed by atoms with E-state index in [1.165, 1.54) is 0 Å².